The van der Waals surface area contributed by atoms with Gasteiger partial charge >= 0.3 is 12.0 Å². The molecule has 0 aromatic heterocycles. The van der Waals surface area contributed by atoms with Gasteiger partial charge in [0.25, 0.3) is 0 Å². The van der Waals surface area contributed by atoms with Crippen LogP contribution < -0.4 is 0 Å². The van der Waals surface area contributed by atoms with Crippen molar-refractivity contribution in [1.29, 1.82) is 0 Å². The molecule has 5 nitrogen and oxygen atoms in total. The maximum absolute atomic E-state index is 12.2. The van der Waals surface area contributed by atoms with E-state index >= 15 is 0 Å². The molecule has 1 saturated carbocycles. The molecule has 0 bridgehead atoms. The van der Waals surface area contributed by atoms with Crippen molar-refractivity contribution in [2.45, 2.75) is 39.7 Å². The summed E-state index contributed by atoms with van der Waals surface area (Å²) < 4.78 is 0. The molecule has 0 spiro atoms. The fourth-order valence-electron chi connectivity index (χ4n) is 1.75. The first-order valence-corrected chi connectivity index (χ1v) is 6.23. The number of hydrogen-bond donors (Lipinski definition) is 1. The Hall–Kier alpha value is -1.26. The Morgan fingerprint density at radius 3 is 2.29 bits per heavy atom. The highest BCUT2D eigenvalue weighted by Crippen LogP contribution is 2.30. The van der Waals surface area contributed by atoms with E-state index in [2.05, 4.69) is 0 Å². The minimum atomic E-state index is -0.963. The number of aliphatic carboxylic acids is 1. The van der Waals surface area contributed by atoms with E-state index in [1.165, 1.54) is 17.7 Å². The Morgan fingerprint density at radius 1 is 1.35 bits per heavy atom. The van der Waals surface area contributed by atoms with E-state index in [1.807, 2.05) is 20.8 Å². The highest BCUT2D eigenvalue weighted by atomic mass is 16.4. The average molecular weight is 242 g/mol. The van der Waals surface area contributed by atoms with Crippen molar-refractivity contribution in [1.82, 2.24) is 9.80 Å². The van der Waals surface area contributed by atoms with Crippen LogP contribution in [0.4, 0.5) is 4.79 Å². The molecule has 0 heterocycles. The minimum absolute atomic E-state index is 0.0909. The lowest BCUT2D eigenvalue weighted by Crippen LogP contribution is -2.49. The van der Waals surface area contributed by atoms with Gasteiger partial charge in [0, 0.05) is 19.1 Å². The Morgan fingerprint density at radius 2 is 1.94 bits per heavy atom. The van der Waals surface area contributed by atoms with Crippen LogP contribution in [0.2, 0.25) is 0 Å². The summed E-state index contributed by atoms with van der Waals surface area (Å²) in [5.41, 5.74) is 0. The molecule has 0 unspecified atom stereocenters. The molecule has 0 aromatic rings. The molecule has 0 aliphatic heterocycles. The molecule has 1 fully saturated rings. The molecular weight excluding hydrogens is 220 g/mol. The highest BCUT2D eigenvalue weighted by Gasteiger charge is 2.29. The number of rotatable bonds is 6. The third-order valence-electron chi connectivity index (χ3n) is 3.00. The summed E-state index contributed by atoms with van der Waals surface area (Å²) in [7, 11) is 0. The van der Waals surface area contributed by atoms with Crippen LogP contribution in [0.15, 0.2) is 0 Å². The van der Waals surface area contributed by atoms with Gasteiger partial charge in [-0.15, -0.1) is 0 Å². The van der Waals surface area contributed by atoms with Crippen molar-refractivity contribution in [2.24, 2.45) is 5.92 Å². The topological polar surface area (TPSA) is 60.9 Å². The fraction of sp³-hybridized carbons (Fsp3) is 0.833. The van der Waals surface area contributed by atoms with Crippen molar-refractivity contribution >= 4 is 12.0 Å². The van der Waals surface area contributed by atoms with Crippen LogP contribution >= 0.6 is 0 Å². The number of carbonyl (C=O) groups is 2. The normalized spacial score (nSPS) is 14.8. The second-order valence-corrected chi connectivity index (χ2v) is 4.88. The van der Waals surface area contributed by atoms with Gasteiger partial charge in [-0.2, -0.15) is 0 Å². The molecule has 0 aromatic carbocycles. The molecule has 98 valence electrons. The van der Waals surface area contributed by atoms with Crippen LogP contribution in [-0.4, -0.2) is 52.6 Å². The number of nitrogens with zero attached hydrogens (tertiary/aromatic N) is 2. The maximum atomic E-state index is 12.2. The summed E-state index contributed by atoms with van der Waals surface area (Å²) in [6, 6.07) is -0.247. The smallest absolute Gasteiger partial charge is 0.323 e. The van der Waals surface area contributed by atoms with Gasteiger partial charge in [0.05, 0.1) is 0 Å². The van der Waals surface area contributed by atoms with Crippen molar-refractivity contribution < 1.29 is 14.7 Å². The van der Waals surface area contributed by atoms with Crippen molar-refractivity contribution in [3.8, 4) is 0 Å². The number of amides is 2. The Balaban J connectivity index is 2.62. The second kappa shape index (κ2) is 5.89. The molecule has 17 heavy (non-hydrogen) atoms. The first kappa shape index (κ1) is 13.8. The van der Waals surface area contributed by atoms with E-state index in [0.29, 0.717) is 12.5 Å². The van der Waals surface area contributed by atoms with Crippen LogP contribution in [0.5, 0.6) is 0 Å². The predicted octanol–water partition coefficient (Wildman–Crippen LogP) is 1.63. The summed E-state index contributed by atoms with van der Waals surface area (Å²) in [6.07, 6.45) is 2.37. The summed E-state index contributed by atoms with van der Waals surface area (Å²) >= 11 is 0. The van der Waals surface area contributed by atoms with Crippen molar-refractivity contribution in [2.75, 3.05) is 19.6 Å². The van der Waals surface area contributed by atoms with Crippen LogP contribution in [0.25, 0.3) is 0 Å². The Bertz CT molecular complexity index is 287. The Kier molecular flexibility index (Phi) is 4.78. The van der Waals surface area contributed by atoms with Gasteiger partial charge in [0.1, 0.15) is 6.54 Å². The molecule has 0 atom stereocenters. The van der Waals surface area contributed by atoms with Gasteiger partial charge < -0.3 is 14.9 Å². The van der Waals surface area contributed by atoms with E-state index in [9.17, 15) is 9.59 Å². The van der Waals surface area contributed by atoms with E-state index in [1.54, 1.807) is 4.90 Å². The standard InChI is InChI=1S/C12H22N2O3/c1-4-13(7-10-5-6-10)12(17)14(9(2)3)8-11(15)16/h9-10H,4-8H2,1-3H3,(H,15,16). The first-order chi connectivity index (χ1) is 7.95. The largest absolute Gasteiger partial charge is 0.480 e. The van der Waals surface area contributed by atoms with Gasteiger partial charge in [-0.3, -0.25) is 4.79 Å². The van der Waals surface area contributed by atoms with Gasteiger partial charge in [-0.05, 0) is 39.5 Å². The number of carboxylic acid groups (broad SMARTS) is 1. The number of hydrogen-bond acceptors (Lipinski definition) is 2. The lowest BCUT2D eigenvalue weighted by atomic mass is 10.3. The summed E-state index contributed by atoms with van der Waals surface area (Å²) in [6.45, 7) is 6.78. The molecule has 5 heteroatoms. The maximum Gasteiger partial charge on any atom is 0.323 e. The zero-order chi connectivity index (χ0) is 13.0. The SMILES string of the molecule is CCN(CC1CC1)C(=O)N(CC(=O)O)C(C)C. The average Bonchev–Trinajstić information content (AvgIpc) is 3.04. The first-order valence-electron chi connectivity index (χ1n) is 6.23. The van der Waals surface area contributed by atoms with E-state index in [0.717, 1.165) is 6.54 Å². The molecule has 0 radical (unpaired) electrons. The van der Waals surface area contributed by atoms with Gasteiger partial charge in [-0.1, -0.05) is 0 Å². The monoisotopic (exact) mass is 242 g/mol. The molecule has 2 amide bonds. The molecule has 0 saturated heterocycles. The number of carbonyl (C=O) groups excluding carboxylic acids is 1. The summed E-state index contributed by atoms with van der Waals surface area (Å²) in [5, 5.41) is 8.82. The lowest BCUT2D eigenvalue weighted by Gasteiger charge is -2.31. The van der Waals surface area contributed by atoms with E-state index < -0.39 is 5.97 Å². The van der Waals surface area contributed by atoms with Crippen molar-refractivity contribution in [3.63, 3.8) is 0 Å². The predicted molar refractivity (Wildman–Crippen MR) is 64.8 cm³/mol. The summed E-state index contributed by atoms with van der Waals surface area (Å²) in [5.74, 6) is -0.340. The Labute approximate surface area is 102 Å². The zero-order valence-electron chi connectivity index (χ0n) is 10.8. The highest BCUT2D eigenvalue weighted by molar-refractivity contribution is 5.80. The quantitative estimate of drug-likeness (QED) is 0.770. The van der Waals surface area contributed by atoms with E-state index in [4.69, 9.17) is 5.11 Å². The third kappa shape index (κ3) is 4.24. The molecule has 1 aliphatic carbocycles. The van der Waals surface area contributed by atoms with Gasteiger partial charge in [0.2, 0.25) is 0 Å². The fourth-order valence-corrected chi connectivity index (χ4v) is 1.75. The molecule has 1 aliphatic rings. The van der Waals surface area contributed by atoms with Crippen LogP contribution in [0.1, 0.15) is 33.6 Å². The molecule has 1 rings (SSSR count). The lowest BCUT2D eigenvalue weighted by molar-refractivity contribution is -0.138. The van der Waals surface area contributed by atoms with Crippen molar-refractivity contribution in [3.05, 3.63) is 0 Å². The zero-order valence-corrected chi connectivity index (χ0v) is 10.8. The number of carboxylic acids is 1. The van der Waals surface area contributed by atoms with E-state index in [-0.39, 0.29) is 18.6 Å². The summed E-state index contributed by atoms with van der Waals surface area (Å²) in [4.78, 5) is 26.1. The third-order valence-corrected chi connectivity index (χ3v) is 3.00. The number of urea groups is 1. The van der Waals surface area contributed by atoms with Gasteiger partial charge in [-0.25, -0.2) is 4.79 Å². The van der Waals surface area contributed by atoms with Crippen LogP contribution in [0, 0.1) is 5.92 Å². The minimum Gasteiger partial charge on any atom is -0.480 e. The van der Waals surface area contributed by atoms with Crippen LogP contribution in [-0.2, 0) is 4.79 Å². The van der Waals surface area contributed by atoms with Crippen LogP contribution in [0.3, 0.4) is 0 Å². The van der Waals surface area contributed by atoms with Gasteiger partial charge in [0.15, 0.2) is 0 Å². The molecule has 1 N–H and O–H groups in total. The second-order valence-electron chi connectivity index (χ2n) is 4.88. The molecular formula is C12H22N2O3.